The second-order valence-electron chi connectivity index (χ2n) is 5.87. The van der Waals surface area contributed by atoms with Gasteiger partial charge in [-0.25, -0.2) is 0 Å². The maximum atomic E-state index is 12.5. The first-order valence-electron chi connectivity index (χ1n) is 8.36. The molecular formula is C19H15ClN2O3S3. The molecule has 28 heavy (non-hydrogen) atoms. The molecule has 3 rings (SSSR count). The lowest BCUT2D eigenvalue weighted by Gasteiger charge is -2.11. The molecule has 0 spiro atoms. The van der Waals surface area contributed by atoms with E-state index < -0.39 is 4.92 Å². The monoisotopic (exact) mass is 450 g/mol. The van der Waals surface area contributed by atoms with E-state index in [-0.39, 0.29) is 11.6 Å². The van der Waals surface area contributed by atoms with Crippen molar-refractivity contribution in [1.29, 1.82) is 0 Å². The zero-order valence-corrected chi connectivity index (χ0v) is 18.0. The van der Waals surface area contributed by atoms with Gasteiger partial charge >= 0.3 is 0 Å². The highest BCUT2D eigenvalue weighted by Crippen LogP contribution is 2.37. The van der Waals surface area contributed by atoms with Crippen LogP contribution in [0.25, 0.3) is 6.08 Å². The van der Waals surface area contributed by atoms with Crippen LogP contribution in [0, 0.1) is 10.1 Å². The van der Waals surface area contributed by atoms with Gasteiger partial charge in [0.2, 0.25) is 0 Å². The fourth-order valence-corrected chi connectivity index (χ4v) is 4.89. The van der Waals surface area contributed by atoms with Crippen molar-refractivity contribution in [2.45, 2.75) is 23.1 Å². The zero-order chi connectivity index (χ0) is 20.3. The van der Waals surface area contributed by atoms with Crippen molar-refractivity contribution in [2.75, 3.05) is 6.54 Å². The Balaban J connectivity index is 1.89. The van der Waals surface area contributed by atoms with Crippen molar-refractivity contribution < 1.29 is 9.72 Å². The number of nitro benzene ring substituents is 1. The second-order valence-corrected chi connectivity index (χ2v) is 9.10. The van der Waals surface area contributed by atoms with Crippen molar-refractivity contribution in [2.24, 2.45) is 0 Å². The van der Waals surface area contributed by atoms with Crippen molar-refractivity contribution in [3.8, 4) is 0 Å². The Kier molecular flexibility index (Phi) is 6.77. The number of nitro groups is 1. The number of carbonyl (C=O) groups is 1. The Hall–Kier alpha value is -1.87. The highest BCUT2D eigenvalue weighted by atomic mass is 35.5. The van der Waals surface area contributed by atoms with E-state index in [1.807, 2.05) is 19.1 Å². The molecule has 1 fully saturated rings. The molecule has 0 aliphatic carbocycles. The number of nitrogens with zero attached hydrogens (tertiary/aromatic N) is 2. The number of carbonyl (C=O) groups excluding carboxylic acids is 1. The molecule has 0 bridgehead atoms. The lowest BCUT2D eigenvalue weighted by Crippen LogP contribution is -2.28. The average Bonchev–Trinajstić information content (AvgIpc) is 2.92. The standard InChI is InChI=1S/C19H15ClN2O3S3/c1-2-9-21-18(23)17(28-19(21)26)11-12-3-8-16(15(10-12)22(24)25)27-14-6-4-13(20)5-7-14/h3-8,10-11H,2,9H2,1H3. The molecule has 1 aliphatic rings. The Morgan fingerprint density at radius 1 is 1.29 bits per heavy atom. The van der Waals surface area contributed by atoms with Crippen molar-refractivity contribution >= 4 is 69.3 Å². The summed E-state index contributed by atoms with van der Waals surface area (Å²) in [6.07, 6.45) is 2.46. The van der Waals surface area contributed by atoms with E-state index in [1.54, 1.807) is 35.2 Å². The molecule has 0 unspecified atom stereocenters. The molecule has 1 aliphatic heterocycles. The molecule has 0 aromatic heterocycles. The first kappa shape index (κ1) is 20.9. The number of amides is 1. The molecular weight excluding hydrogens is 436 g/mol. The van der Waals surface area contributed by atoms with Gasteiger partial charge in [-0.05, 0) is 48.4 Å². The van der Waals surface area contributed by atoms with Crippen LogP contribution in [0.15, 0.2) is 57.2 Å². The summed E-state index contributed by atoms with van der Waals surface area (Å²) in [4.78, 5) is 27.0. The lowest BCUT2D eigenvalue weighted by atomic mass is 10.2. The molecule has 2 aromatic carbocycles. The summed E-state index contributed by atoms with van der Waals surface area (Å²) in [6, 6.07) is 12.0. The smallest absolute Gasteiger partial charge is 0.283 e. The Morgan fingerprint density at radius 2 is 2.00 bits per heavy atom. The number of halogens is 1. The first-order chi connectivity index (χ1) is 13.4. The predicted octanol–water partition coefficient (Wildman–Crippen LogP) is 6.01. The van der Waals surface area contributed by atoms with Crippen LogP contribution in [0.5, 0.6) is 0 Å². The van der Waals surface area contributed by atoms with Crippen molar-refractivity contribution in [3.05, 3.63) is 68.1 Å². The molecule has 1 amide bonds. The Morgan fingerprint density at radius 3 is 2.64 bits per heavy atom. The fourth-order valence-electron chi connectivity index (χ4n) is 2.55. The number of benzene rings is 2. The normalized spacial score (nSPS) is 15.5. The minimum atomic E-state index is -0.419. The molecule has 0 N–H and O–H groups in total. The van der Waals surface area contributed by atoms with Crippen molar-refractivity contribution in [1.82, 2.24) is 4.90 Å². The van der Waals surface area contributed by atoms with E-state index >= 15 is 0 Å². The zero-order valence-electron chi connectivity index (χ0n) is 14.8. The molecule has 9 heteroatoms. The molecule has 0 radical (unpaired) electrons. The summed E-state index contributed by atoms with van der Waals surface area (Å²) in [5, 5.41) is 12.2. The van der Waals surface area contributed by atoms with E-state index in [9.17, 15) is 14.9 Å². The largest absolute Gasteiger partial charge is 0.293 e. The summed E-state index contributed by atoms with van der Waals surface area (Å²) in [5.74, 6) is -0.154. The first-order valence-corrected chi connectivity index (χ1v) is 10.8. The Labute approximate surface area is 181 Å². The highest BCUT2D eigenvalue weighted by Gasteiger charge is 2.31. The van der Waals surface area contributed by atoms with Gasteiger partial charge in [0.05, 0.1) is 14.7 Å². The van der Waals surface area contributed by atoms with Crippen LogP contribution in [-0.2, 0) is 4.79 Å². The minimum absolute atomic E-state index is 0.0160. The maximum absolute atomic E-state index is 12.5. The fraction of sp³-hybridized carbons (Fsp3) is 0.158. The third-order valence-electron chi connectivity index (χ3n) is 3.84. The number of rotatable bonds is 6. The molecule has 2 aromatic rings. The summed E-state index contributed by atoms with van der Waals surface area (Å²) in [5.41, 5.74) is 0.571. The summed E-state index contributed by atoms with van der Waals surface area (Å²) >= 11 is 13.6. The van der Waals surface area contributed by atoms with Crippen LogP contribution in [0.2, 0.25) is 5.02 Å². The SMILES string of the molecule is CCCN1C(=O)C(=Cc2ccc(Sc3ccc(Cl)cc3)c([N+](=O)[O-])c2)SC1=S. The third-order valence-corrected chi connectivity index (χ3v) is 6.54. The number of hydrogen-bond acceptors (Lipinski definition) is 6. The molecule has 0 atom stereocenters. The number of thioether (sulfide) groups is 1. The molecule has 1 saturated heterocycles. The quantitative estimate of drug-likeness (QED) is 0.232. The van der Waals surface area contributed by atoms with Crippen LogP contribution < -0.4 is 0 Å². The topological polar surface area (TPSA) is 63.5 Å². The second kappa shape index (κ2) is 9.09. The van der Waals surface area contributed by atoms with Crippen LogP contribution in [0.3, 0.4) is 0 Å². The highest BCUT2D eigenvalue weighted by molar-refractivity contribution is 8.26. The van der Waals surface area contributed by atoms with E-state index in [1.165, 1.54) is 29.6 Å². The van der Waals surface area contributed by atoms with E-state index in [2.05, 4.69) is 0 Å². The van der Waals surface area contributed by atoms with E-state index in [0.29, 0.717) is 31.3 Å². The lowest BCUT2D eigenvalue weighted by molar-refractivity contribution is -0.387. The third kappa shape index (κ3) is 4.75. The van der Waals surface area contributed by atoms with Crippen LogP contribution in [0.4, 0.5) is 5.69 Å². The minimum Gasteiger partial charge on any atom is -0.293 e. The van der Waals surface area contributed by atoms with E-state index in [0.717, 1.165) is 11.3 Å². The van der Waals surface area contributed by atoms with Crippen LogP contribution in [0.1, 0.15) is 18.9 Å². The Bertz CT molecular complexity index is 977. The molecule has 5 nitrogen and oxygen atoms in total. The van der Waals surface area contributed by atoms with Gasteiger partial charge in [0.15, 0.2) is 0 Å². The van der Waals surface area contributed by atoms with Crippen molar-refractivity contribution in [3.63, 3.8) is 0 Å². The van der Waals surface area contributed by atoms with Gasteiger partial charge in [0.1, 0.15) is 4.32 Å². The molecule has 1 heterocycles. The molecule has 144 valence electrons. The summed E-state index contributed by atoms with van der Waals surface area (Å²) < 4.78 is 0.516. The predicted molar refractivity (Wildman–Crippen MR) is 119 cm³/mol. The molecule has 0 saturated carbocycles. The van der Waals surface area contributed by atoms with E-state index in [4.69, 9.17) is 23.8 Å². The summed E-state index contributed by atoms with van der Waals surface area (Å²) in [7, 11) is 0. The van der Waals surface area contributed by atoms with Crippen LogP contribution >= 0.6 is 47.3 Å². The van der Waals surface area contributed by atoms with Gasteiger partial charge in [0, 0.05) is 22.5 Å². The van der Waals surface area contributed by atoms with Gasteiger partial charge in [-0.1, -0.05) is 60.3 Å². The number of thiocarbonyl (C=S) groups is 1. The van der Waals surface area contributed by atoms with Gasteiger partial charge in [0.25, 0.3) is 11.6 Å². The van der Waals surface area contributed by atoms with Crippen LogP contribution in [-0.4, -0.2) is 26.6 Å². The van der Waals surface area contributed by atoms with Gasteiger partial charge in [-0.2, -0.15) is 0 Å². The maximum Gasteiger partial charge on any atom is 0.283 e. The summed E-state index contributed by atoms with van der Waals surface area (Å²) in [6.45, 7) is 2.54. The van der Waals surface area contributed by atoms with Gasteiger partial charge in [-0.15, -0.1) is 0 Å². The van der Waals surface area contributed by atoms with Gasteiger partial charge in [-0.3, -0.25) is 19.8 Å². The number of hydrogen-bond donors (Lipinski definition) is 0. The van der Waals surface area contributed by atoms with Gasteiger partial charge < -0.3 is 0 Å². The average molecular weight is 451 g/mol.